The standard InChI is InChI=1S/C14H21ClN2O/c1-10-5-6-11(12(15)7-10)13(18)17(4)9-14(2,3)8-16/h5-7H,8-9,16H2,1-4H3. The minimum Gasteiger partial charge on any atom is -0.341 e. The van der Waals surface area contributed by atoms with Crippen molar-refractivity contribution in [2.24, 2.45) is 11.1 Å². The van der Waals surface area contributed by atoms with E-state index >= 15 is 0 Å². The molecule has 0 heterocycles. The fourth-order valence-corrected chi connectivity index (χ4v) is 2.09. The molecule has 100 valence electrons. The van der Waals surface area contributed by atoms with Crippen molar-refractivity contribution in [2.75, 3.05) is 20.1 Å². The van der Waals surface area contributed by atoms with E-state index in [1.165, 1.54) is 0 Å². The Morgan fingerprint density at radius 2 is 2.06 bits per heavy atom. The highest BCUT2D eigenvalue weighted by atomic mass is 35.5. The van der Waals surface area contributed by atoms with Crippen molar-refractivity contribution in [3.05, 3.63) is 34.3 Å². The Morgan fingerprint density at radius 3 is 2.56 bits per heavy atom. The summed E-state index contributed by atoms with van der Waals surface area (Å²) < 4.78 is 0. The second kappa shape index (κ2) is 5.72. The number of halogens is 1. The lowest BCUT2D eigenvalue weighted by Gasteiger charge is -2.29. The summed E-state index contributed by atoms with van der Waals surface area (Å²) in [5, 5.41) is 0.498. The lowest BCUT2D eigenvalue weighted by molar-refractivity contribution is 0.0741. The van der Waals surface area contributed by atoms with Crippen LogP contribution in [0, 0.1) is 12.3 Å². The molecular formula is C14H21ClN2O. The molecule has 0 aliphatic rings. The summed E-state index contributed by atoms with van der Waals surface area (Å²) in [6.07, 6.45) is 0. The van der Waals surface area contributed by atoms with Gasteiger partial charge in [-0.1, -0.05) is 31.5 Å². The topological polar surface area (TPSA) is 46.3 Å². The van der Waals surface area contributed by atoms with Crippen LogP contribution in [0.1, 0.15) is 29.8 Å². The maximum Gasteiger partial charge on any atom is 0.255 e. The number of rotatable bonds is 4. The van der Waals surface area contributed by atoms with Crippen molar-refractivity contribution in [1.29, 1.82) is 0 Å². The van der Waals surface area contributed by atoms with Crippen molar-refractivity contribution in [2.45, 2.75) is 20.8 Å². The molecule has 0 unspecified atom stereocenters. The summed E-state index contributed by atoms with van der Waals surface area (Å²) in [7, 11) is 1.77. The van der Waals surface area contributed by atoms with Gasteiger partial charge in [-0.15, -0.1) is 0 Å². The van der Waals surface area contributed by atoms with Crippen LogP contribution in [-0.2, 0) is 0 Å². The minimum atomic E-state index is -0.0957. The molecule has 4 heteroatoms. The largest absolute Gasteiger partial charge is 0.341 e. The van der Waals surface area contributed by atoms with E-state index in [4.69, 9.17) is 17.3 Å². The Balaban J connectivity index is 2.87. The number of aryl methyl sites for hydroxylation is 1. The summed E-state index contributed by atoms with van der Waals surface area (Å²) in [5.41, 5.74) is 7.17. The molecule has 0 spiro atoms. The van der Waals surface area contributed by atoms with E-state index in [0.717, 1.165) is 5.56 Å². The maximum atomic E-state index is 12.3. The van der Waals surface area contributed by atoms with Gasteiger partial charge in [0, 0.05) is 13.6 Å². The normalized spacial score (nSPS) is 11.4. The number of hydrogen-bond acceptors (Lipinski definition) is 2. The van der Waals surface area contributed by atoms with Gasteiger partial charge in [-0.25, -0.2) is 0 Å². The molecular weight excluding hydrogens is 248 g/mol. The van der Waals surface area contributed by atoms with Crippen LogP contribution >= 0.6 is 11.6 Å². The van der Waals surface area contributed by atoms with Crippen LogP contribution < -0.4 is 5.73 Å². The van der Waals surface area contributed by atoms with Crippen LogP contribution in [0.3, 0.4) is 0 Å². The van der Waals surface area contributed by atoms with Crippen LogP contribution in [-0.4, -0.2) is 30.9 Å². The van der Waals surface area contributed by atoms with E-state index in [-0.39, 0.29) is 11.3 Å². The second-order valence-corrected chi connectivity index (χ2v) is 5.92. The number of amides is 1. The fourth-order valence-electron chi connectivity index (χ4n) is 1.78. The Labute approximate surface area is 114 Å². The molecule has 0 bridgehead atoms. The zero-order valence-corrected chi connectivity index (χ0v) is 12.2. The number of carbonyl (C=O) groups is 1. The Morgan fingerprint density at radius 1 is 1.44 bits per heavy atom. The molecule has 1 rings (SSSR count). The third-order valence-corrected chi connectivity index (χ3v) is 3.23. The van der Waals surface area contributed by atoms with E-state index in [1.807, 2.05) is 26.8 Å². The molecule has 0 aromatic heterocycles. The average Bonchev–Trinajstić information content (AvgIpc) is 2.27. The predicted molar refractivity (Wildman–Crippen MR) is 76.0 cm³/mol. The molecule has 1 aromatic rings. The zero-order valence-electron chi connectivity index (χ0n) is 11.5. The van der Waals surface area contributed by atoms with Gasteiger partial charge >= 0.3 is 0 Å². The summed E-state index contributed by atoms with van der Waals surface area (Å²) in [6.45, 7) is 7.15. The first-order valence-electron chi connectivity index (χ1n) is 5.98. The number of benzene rings is 1. The molecule has 0 atom stereocenters. The van der Waals surface area contributed by atoms with Crippen molar-refractivity contribution >= 4 is 17.5 Å². The van der Waals surface area contributed by atoms with Crippen molar-refractivity contribution < 1.29 is 4.79 Å². The zero-order chi connectivity index (χ0) is 13.9. The van der Waals surface area contributed by atoms with E-state index in [9.17, 15) is 4.79 Å². The van der Waals surface area contributed by atoms with Crippen LogP contribution in [0.2, 0.25) is 5.02 Å². The predicted octanol–water partition coefficient (Wildman–Crippen LogP) is 2.71. The van der Waals surface area contributed by atoms with E-state index in [1.54, 1.807) is 24.1 Å². The van der Waals surface area contributed by atoms with Gasteiger partial charge in [0.25, 0.3) is 5.91 Å². The maximum absolute atomic E-state index is 12.3. The molecule has 18 heavy (non-hydrogen) atoms. The van der Waals surface area contributed by atoms with Gasteiger partial charge in [0.15, 0.2) is 0 Å². The monoisotopic (exact) mass is 268 g/mol. The third-order valence-electron chi connectivity index (χ3n) is 2.92. The van der Waals surface area contributed by atoms with E-state index in [2.05, 4.69) is 0 Å². The SMILES string of the molecule is Cc1ccc(C(=O)N(C)CC(C)(C)CN)c(Cl)c1. The van der Waals surface area contributed by atoms with Gasteiger partial charge in [0.1, 0.15) is 0 Å². The second-order valence-electron chi connectivity index (χ2n) is 5.51. The molecule has 0 aliphatic carbocycles. The van der Waals surface area contributed by atoms with Crippen molar-refractivity contribution in [3.63, 3.8) is 0 Å². The van der Waals surface area contributed by atoms with Crippen LogP contribution in [0.5, 0.6) is 0 Å². The Kier molecular flexibility index (Phi) is 4.77. The smallest absolute Gasteiger partial charge is 0.255 e. The highest BCUT2D eigenvalue weighted by Crippen LogP contribution is 2.21. The molecule has 3 nitrogen and oxygen atoms in total. The number of nitrogens with zero attached hydrogens (tertiary/aromatic N) is 1. The third kappa shape index (κ3) is 3.72. The van der Waals surface area contributed by atoms with Gasteiger partial charge in [0.2, 0.25) is 0 Å². The van der Waals surface area contributed by atoms with Gasteiger partial charge in [0.05, 0.1) is 10.6 Å². The molecule has 2 N–H and O–H groups in total. The van der Waals surface area contributed by atoms with Gasteiger partial charge in [-0.05, 0) is 36.6 Å². The highest BCUT2D eigenvalue weighted by molar-refractivity contribution is 6.33. The first-order chi connectivity index (χ1) is 8.26. The van der Waals surface area contributed by atoms with E-state index in [0.29, 0.717) is 23.7 Å². The van der Waals surface area contributed by atoms with Gasteiger partial charge < -0.3 is 10.6 Å². The first-order valence-corrected chi connectivity index (χ1v) is 6.36. The Bertz CT molecular complexity index is 443. The van der Waals surface area contributed by atoms with E-state index < -0.39 is 0 Å². The molecule has 1 aromatic carbocycles. The summed E-state index contributed by atoms with van der Waals surface area (Å²) in [4.78, 5) is 13.9. The molecule has 0 aliphatic heterocycles. The first kappa shape index (κ1) is 15.0. The molecule has 0 saturated carbocycles. The summed E-state index contributed by atoms with van der Waals surface area (Å²) >= 11 is 6.10. The number of carbonyl (C=O) groups excluding carboxylic acids is 1. The van der Waals surface area contributed by atoms with Crippen LogP contribution in [0.15, 0.2) is 18.2 Å². The Hall–Kier alpha value is -1.06. The minimum absolute atomic E-state index is 0.0680. The molecule has 0 fully saturated rings. The average molecular weight is 269 g/mol. The van der Waals surface area contributed by atoms with Crippen molar-refractivity contribution in [1.82, 2.24) is 4.90 Å². The van der Waals surface area contributed by atoms with Gasteiger partial charge in [-0.2, -0.15) is 0 Å². The molecule has 0 saturated heterocycles. The van der Waals surface area contributed by atoms with Gasteiger partial charge in [-0.3, -0.25) is 4.79 Å². The molecule has 1 amide bonds. The summed E-state index contributed by atoms with van der Waals surface area (Å²) in [5.74, 6) is -0.0680. The highest BCUT2D eigenvalue weighted by Gasteiger charge is 2.22. The number of hydrogen-bond donors (Lipinski definition) is 1. The van der Waals surface area contributed by atoms with Crippen LogP contribution in [0.4, 0.5) is 0 Å². The lowest BCUT2D eigenvalue weighted by atomic mass is 9.93. The fraction of sp³-hybridized carbons (Fsp3) is 0.500. The quantitative estimate of drug-likeness (QED) is 0.913. The molecule has 0 radical (unpaired) electrons. The van der Waals surface area contributed by atoms with Crippen LogP contribution in [0.25, 0.3) is 0 Å². The lowest BCUT2D eigenvalue weighted by Crippen LogP contribution is -2.39. The number of nitrogens with two attached hydrogens (primary N) is 1. The van der Waals surface area contributed by atoms with Crippen molar-refractivity contribution in [3.8, 4) is 0 Å². The summed E-state index contributed by atoms with van der Waals surface area (Å²) in [6, 6.07) is 5.46.